The predicted molar refractivity (Wildman–Crippen MR) is 107 cm³/mol. The van der Waals surface area contributed by atoms with E-state index < -0.39 is 0 Å². The fourth-order valence-electron chi connectivity index (χ4n) is 4.60. The van der Waals surface area contributed by atoms with E-state index in [9.17, 15) is 9.59 Å². The summed E-state index contributed by atoms with van der Waals surface area (Å²) in [5.74, 6) is 2.14. The van der Waals surface area contributed by atoms with E-state index in [2.05, 4.69) is 10.2 Å². The van der Waals surface area contributed by atoms with E-state index in [4.69, 9.17) is 0 Å². The molecule has 3 rings (SSSR count). The molecule has 0 aromatic carbocycles. The number of carbonyl (C=O) groups is 2. The van der Waals surface area contributed by atoms with Crippen molar-refractivity contribution in [3.05, 3.63) is 0 Å². The van der Waals surface area contributed by atoms with Gasteiger partial charge in [0.05, 0.1) is 4.87 Å². The monoisotopic (exact) mass is 381 g/mol. The van der Waals surface area contributed by atoms with Crippen LogP contribution in [0.25, 0.3) is 0 Å². The van der Waals surface area contributed by atoms with Crippen LogP contribution in [0.15, 0.2) is 0 Å². The molecule has 0 unspecified atom stereocenters. The molecule has 1 spiro atoms. The molecule has 26 heavy (non-hydrogen) atoms. The largest absolute Gasteiger partial charge is 0.333 e. The molecule has 3 amide bonds. The van der Waals surface area contributed by atoms with Gasteiger partial charge < -0.3 is 15.1 Å². The van der Waals surface area contributed by atoms with Gasteiger partial charge in [-0.15, -0.1) is 11.8 Å². The van der Waals surface area contributed by atoms with Gasteiger partial charge in [-0.2, -0.15) is 0 Å². The molecule has 5 nitrogen and oxygen atoms in total. The van der Waals surface area contributed by atoms with Crippen LogP contribution in [0.1, 0.15) is 72.1 Å². The Balaban J connectivity index is 1.52. The number of urea groups is 1. The molecule has 2 aliphatic heterocycles. The Hall–Kier alpha value is -0.910. The van der Waals surface area contributed by atoms with Crippen molar-refractivity contribution in [3.8, 4) is 0 Å². The van der Waals surface area contributed by atoms with Crippen LogP contribution in [0.3, 0.4) is 0 Å². The summed E-state index contributed by atoms with van der Waals surface area (Å²) < 4.78 is 0. The van der Waals surface area contributed by atoms with Crippen LogP contribution in [0.5, 0.6) is 0 Å². The molecular formula is C20H35N3O2S. The zero-order valence-corrected chi connectivity index (χ0v) is 17.5. The topological polar surface area (TPSA) is 52.7 Å². The van der Waals surface area contributed by atoms with Gasteiger partial charge in [-0.3, -0.25) is 4.79 Å². The first-order valence-corrected chi connectivity index (χ1v) is 11.3. The van der Waals surface area contributed by atoms with Gasteiger partial charge in [0.1, 0.15) is 0 Å². The highest BCUT2D eigenvalue weighted by atomic mass is 32.2. The number of thioether (sulfide) groups is 1. The summed E-state index contributed by atoms with van der Waals surface area (Å²) in [6.45, 7) is 8.38. The summed E-state index contributed by atoms with van der Waals surface area (Å²) in [4.78, 5) is 29.3. The smallest absolute Gasteiger partial charge is 0.317 e. The molecule has 0 radical (unpaired) electrons. The van der Waals surface area contributed by atoms with E-state index in [0.717, 1.165) is 50.6 Å². The first-order valence-electron chi connectivity index (χ1n) is 10.3. The lowest BCUT2D eigenvalue weighted by molar-refractivity contribution is -0.135. The predicted octanol–water partition coefficient (Wildman–Crippen LogP) is 3.83. The van der Waals surface area contributed by atoms with Crippen molar-refractivity contribution >= 4 is 23.7 Å². The lowest BCUT2D eigenvalue weighted by Crippen LogP contribution is -2.56. The third-order valence-corrected chi connectivity index (χ3v) is 7.59. The molecule has 6 heteroatoms. The molecule has 0 bridgehead atoms. The Morgan fingerprint density at radius 2 is 1.77 bits per heavy atom. The Morgan fingerprint density at radius 1 is 1.12 bits per heavy atom. The Morgan fingerprint density at radius 3 is 2.38 bits per heavy atom. The van der Waals surface area contributed by atoms with Crippen LogP contribution < -0.4 is 5.32 Å². The van der Waals surface area contributed by atoms with Gasteiger partial charge in [-0.25, -0.2) is 4.79 Å². The number of hydrogen-bond donors (Lipinski definition) is 1. The van der Waals surface area contributed by atoms with Crippen molar-refractivity contribution in [2.45, 2.75) is 82.5 Å². The summed E-state index contributed by atoms with van der Waals surface area (Å²) in [5.41, 5.74) is -0.212. The number of carbonyl (C=O) groups excluding carboxylic acids is 2. The minimum atomic E-state index is -0.212. The van der Waals surface area contributed by atoms with Crippen LogP contribution >= 0.6 is 11.8 Å². The molecule has 0 aromatic heterocycles. The second-order valence-electron chi connectivity index (χ2n) is 9.20. The minimum absolute atomic E-state index is 0.0226. The summed E-state index contributed by atoms with van der Waals surface area (Å²) in [6.07, 6.45) is 8.87. The first kappa shape index (κ1) is 19.8. The molecule has 3 aliphatic rings. The van der Waals surface area contributed by atoms with Crippen molar-refractivity contribution in [3.63, 3.8) is 0 Å². The van der Waals surface area contributed by atoms with Crippen LogP contribution in [-0.4, -0.2) is 57.5 Å². The average Bonchev–Trinajstić information content (AvgIpc) is 3.22. The number of rotatable bonds is 3. The number of amides is 3. The number of nitrogens with one attached hydrogen (secondary N) is 1. The van der Waals surface area contributed by atoms with Crippen LogP contribution in [0.2, 0.25) is 0 Å². The molecular weight excluding hydrogens is 346 g/mol. The van der Waals surface area contributed by atoms with E-state index in [0.29, 0.717) is 12.3 Å². The summed E-state index contributed by atoms with van der Waals surface area (Å²) in [5, 5.41) is 3.05. The number of hydrogen-bond acceptors (Lipinski definition) is 3. The lowest BCUT2D eigenvalue weighted by Gasteiger charge is -2.44. The Bertz CT molecular complexity index is 518. The average molecular weight is 382 g/mol. The highest BCUT2D eigenvalue weighted by Gasteiger charge is 2.46. The van der Waals surface area contributed by atoms with Crippen molar-refractivity contribution in [1.82, 2.24) is 15.1 Å². The van der Waals surface area contributed by atoms with Gasteiger partial charge in [-0.05, 0) is 46.0 Å². The lowest BCUT2D eigenvalue weighted by atomic mass is 9.99. The zero-order chi connectivity index (χ0) is 18.8. The number of likely N-dealkylation sites (tertiary alicyclic amines) is 1. The highest BCUT2D eigenvalue weighted by Crippen LogP contribution is 2.44. The molecule has 0 aromatic rings. The molecule has 1 aliphatic carbocycles. The van der Waals surface area contributed by atoms with Crippen LogP contribution in [0, 0.1) is 5.92 Å². The molecule has 1 N–H and O–H groups in total. The quantitative estimate of drug-likeness (QED) is 0.808. The zero-order valence-electron chi connectivity index (χ0n) is 16.7. The van der Waals surface area contributed by atoms with Gasteiger partial charge in [-0.1, -0.05) is 25.7 Å². The number of nitrogens with zero attached hydrogens (tertiary/aromatic N) is 2. The van der Waals surface area contributed by atoms with Crippen LogP contribution in [0.4, 0.5) is 4.79 Å². The Labute approximate surface area is 162 Å². The van der Waals surface area contributed by atoms with E-state index in [1.807, 2.05) is 37.4 Å². The fourth-order valence-corrected chi connectivity index (χ4v) is 6.07. The first-order chi connectivity index (χ1) is 12.3. The van der Waals surface area contributed by atoms with Crippen molar-refractivity contribution in [2.24, 2.45) is 5.92 Å². The Kier molecular flexibility index (Phi) is 6.10. The van der Waals surface area contributed by atoms with Gasteiger partial charge in [0.2, 0.25) is 5.91 Å². The molecule has 148 valence electrons. The summed E-state index contributed by atoms with van der Waals surface area (Å²) in [6, 6.07) is 0.0226. The second kappa shape index (κ2) is 7.99. The molecule has 1 saturated carbocycles. The summed E-state index contributed by atoms with van der Waals surface area (Å²) >= 11 is 1.93. The molecule has 3 fully saturated rings. The summed E-state index contributed by atoms with van der Waals surface area (Å²) in [7, 11) is 0. The van der Waals surface area contributed by atoms with Gasteiger partial charge >= 0.3 is 6.03 Å². The minimum Gasteiger partial charge on any atom is -0.333 e. The maximum atomic E-state index is 12.9. The normalized spacial score (nSPS) is 23.7. The fraction of sp³-hybridized carbons (Fsp3) is 0.900. The SMILES string of the molecule is CC(C)(C)NC(=O)N1CCC2(CC1)SCCN2C(=O)CCC1CCCC1. The van der Waals surface area contributed by atoms with Crippen molar-refractivity contribution in [2.75, 3.05) is 25.4 Å². The van der Waals surface area contributed by atoms with E-state index >= 15 is 0 Å². The van der Waals surface area contributed by atoms with E-state index in [1.54, 1.807) is 0 Å². The maximum Gasteiger partial charge on any atom is 0.317 e. The molecule has 2 saturated heterocycles. The van der Waals surface area contributed by atoms with Gasteiger partial charge in [0.15, 0.2) is 0 Å². The number of piperidine rings is 1. The third kappa shape index (κ3) is 4.68. The van der Waals surface area contributed by atoms with Gasteiger partial charge in [0, 0.05) is 37.3 Å². The second-order valence-corrected chi connectivity index (χ2v) is 10.7. The van der Waals surface area contributed by atoms with Gasteiger partial charge in [0.25, 0.3) is 0 Å². The van der Waals surface area contributed by atoms with Crippen molar-refractivity contribution < 1.29 is 9.59 Å². The molecule has 2 heterocycles. The van der Waals surface area contributed by atoms with Crippen molar-refractivity contribution in [1.29, 1.82) is 0 Å². The third-order valence-electron chi connectivity index (χ3n) is 6.03. The maximum absolute atomic E-state index is 12.9. The highest BCUT2D eigenvalue weighted by molar-refractivity contribution is 8.00. The standard InChI is InChI=1S/C20H35N3O2S/c1-19(2,3)21-18(25)22-12-10-20(11-13-22)23(14-15-26-20)17(24)9-8-16-6-4-5-7-16/h16H,4-15H2,1-3H3,(H,21,25). The van der Waals surface area contributed by atoms with E-state index in [-0.39, 0.29) is 16.4 Å². The van der Waals surface area contributed by atoms with Crippen LogP contribution in [-0.2, 0) is 4.79 Å². The molecule has 0 atom stereocenters. The van der Waals surface area contributed by atoms with E-state index in [1.165, 1.54) is 25.7 Å².